The van der Waals surface area contributed by atoms with E-state index < -0.39 is 10.0 Å². The van der Waals surface area contributed by atoms with E-state index in [-0.39, 0.29) is 10.9 Å². The molecule has 1 saturated heterocycles. The van der Waals surface area contributed by atoms with Crippen LogP contribution in [0.3, 0.4) is 0 Å². The summed E-state index contributed by atoms with van der Waals surface area (Å²) >= 11 is 0. The summed E-state index contributed by atoms with van der Waals surface area (Å²) in [6.45, 7) is 5.09. The van der Waals surface area contributed by atoms with Gasteiger partial charge in [0, 0.05) is 24.9 Å². The maximum atomic E-state index is 12.5. The number of rotatable bonds is 4. The van der Waals surface area contributed by atoms with Crippen molar-refractivity contribution in [3.63, 3.8) is 0 Å². The molecule has 1 aliphatic rings. The minimum absolute atomic E-state index is 0.107. The molecule has 1 aromatic carbocycles. The Morgan fingerprint density at radius 3 is 2.65 bits per heavy atom. The summed E-state index contributed by atoms with van der Waals surface area (Å²) in [5, 5.41) is 0. The molecule has 1 unspecified atom stereocenters. The third kappa shape index (κ3) is 3.50. The number of aryl methyl sites for hydroxylation is 1. The number of hydrogen-bond donors (Lipinski definition) is 2. The zero-order valence-electron chi connectivity index (χ0n) is 11.9. The van der Waals surface area contributed by atoms with Crippen molar-refractivity contribution in [2.75, 3.05) is 18.9 Å². The molecule has 0 amide bonds. The molecule has 0 bridgehead atoms. The fourth-order valence-electron chi connectivity index (χ4n) is 2.53. The van der Waals surface area contributed by atoms with Gasteiger partial charge < -0.3 is 10.5 Å². The first kappa shape index (κ1) is 15.3. The van der Waals surface area contributed by atoms with Gasteiger partial charge in [-0.2, -0.15) is 0 Å². The SMILES string of the molecule is Cc1ccc(N)cc1S(=O)(=O)NC(C)C1CCOCC1. The summed E-state index contributed by atoms with van der Waals surface area (Å²) in [7, 11) is -3.53. The molecule has 1 atom stereocenters. The molecule has 0 spiro atoms. The minimum Gasteiger partial charge on any atom is -0.399 e. The monoisotopic (exact) mass is 298 g/mol. The van der Waals surface area contributed by atoms with Crippen molar-refractivity contribution >= 4 is 15.7 Å². The summed E-state index contributed by atoms with van der Waals surface area (Å²) in [6.07, 6.45) is 1.78. The summed E-state index contributed by atoms with van der Waals surface area (Å²) < 4.78 is 33.0. The van der Waals surface area contributed by atoms with Crippen molar-refractivity contribution in [2.45, 2.75) is 37.6 Å². The third-order valence-corrected chi connectivity index (χ3v) is 5.52. The van der Waals surface area contributed by atoms with Crippen LogP contribution in [0.15, 0.2) is 23.1 Å². The maximum Gasteiger partial charge on any atom is 0.241 e. The number of hydrogen-bond acceptors (Lipinski definition) is 4. The van der Waals surface area contributed by atoms with Gasteiger partial charge in [-0.3, -0.25) is 0 Å². The van der Waals surface area contributed by atoms with Crippen molar-refractivity contribution in [2.24, 2.45) is 5.92 Å². The smallest absolute Gasteiger partial charge is 0.241 e. The van der Waals surface area contributed by atoms with Crippen molar-refractivity contribution in [3.05, 3.63) is 23.8 Å². The molecule has 0 aromatic heterocycles. The van der Waals surface area contributed by atoms with Crippen LogP contribution in [0.25, 0.3) is 0 Å². The highest BCUT2D eigenvalue weighted by atomic mass is 32.2. The summed E-state index contributed by atoms with van der Waals surface area (Å²) in [5.41, 5.74) is 6.84. The number of sulfonamides is 1. The molecule has 0 aliphatic carbocycles. The van der Waals surface area contributed by atoms with Crippen molar-refractivity contribution < 1.29 is 13.2 Å². The van der Waals surface area contributed by atoms with Gasteiger partial charge >= 0.3 is 0 Å². The largest absolute Gasteiger partial charge is 0.399 e. The van der Waals surface area contributed by atoms with Gasteiger partial charge in [0.05, 0.1) is 4.90 Å². The predicted octanol–water partition coefficient (Wildman–Crippen LogP) is 1.67. The highest BCUT2D eigenvalue weighted by Crippen LogP contribution is 2.22. The summed E-state index contributed by atoms with van der Waals surface area (Å²) in [5.74, 6) is 0.319. The van der Waals surface area contributed by atoms with Crippen LogP contribution in [0.2, 0.25) is 0 Å². The molecular formula is C14H22N2O3S. The average Bonchev–Trinajstić information content (AvgIpc) is 2.42. The quantitative estimate of drug-likeness (QED) is 0.829. The number of benzene rings is 1. The van der Waals surface area contributed by atoms with E-state index in [2.05, 4.69) is 4.72 Å². The highest BCUT2D eigenvalue weighted by molar-refractivity contribution is 7.89. The van der Waals surface area contributed by atoms with E-state index in [0.29, 0.717) is 30.4 Å². The number of nitrogens with one attached hydrogen (secondary N) is 1. The Hall–Kier alpha value is -1.11. The van der Waals surface area contributed by atoms with E-state index in [9.17, 15) is 8.42 Å². The second-order valence-electron chi connectivity index (χ2n) is 5.38. The van der Waals surface area contributed by atoms with Gasteiger partial charge in [-0.05, 0) is 50.3 Å². The molecule has 1 heterocycles. The van der Waals surface area contributed by atoms with Crippen molar-refractivity contribution in [3.8, 4) is 0 Å². The molecule has 20 heavy (non-hydrogen) atoms. The first-order valence-corrected chi connectivity index (χ1v) is 8.34. The van der Waals surface area contributed by atoms with Crippen LogP contribution in [0.5, 0.6) is 0 Å². The van der Waals surface area contributed by atoms with Crippen LogP contribution >= 0.6 is 0 Å². The summed E-state index contributed by atoms with van der Waals surface area (Å²) in [4.78, 5) is 0.261. The lowest BCUT2D eigenvalue weighted by Crippen LogP contribution is -2.40. The van der Waals surface area contributed by atoms with Gasteiger partial charge in [-0.15, -0.1) is 0 Å². The molecule has 0 radical (unpaired) electrons. The Balaban J connectivity index is 2.16. The molecule has 0 saturated carbocycles. The van der Waals surface area contributed by atoms with Gasteiger partial charge in [0.2, 0.25) is 10.0 Å². The molecule has 2 rings (SSSR count). The van der Waals surface area contributed by atoms with Crippen molar-refractivity contribution in [1.29, 1.82) is 0 Å². The Morgan fingerprint density at radius 1 is 1.35 bits per heavy atom. The number of ether oxygens (including phenoxy) is 1. The van der Waals surface area contributed by atoms with E-state index in [1.807, 2.05) is 6.92 Å². The van der Waals surface area contributed by atoms with E-state index in [4.69, 9.17) is 10.5 Å². The third-order valence-electron chi connectivity index (χ3n) is 3.82. The molecule has 1 aliphatic heterocycles. The molecule has 1 aromatic rings. The summed E-state index contributed by atoms with van der Waals surface area (Å²) in [6, 6.07) is 4.83. The van der Waals surface area contributed by atoms with Gasteiger partial charge in [-0.25, -0.2) is 13.1 Å². The lowest BCUT2D eigenvalue weighted by molar-refractivity contribution is 0.0585. The zero-order valence-corrected chi connectivity index (χ0v) is 12.7. The molecule has 5 nitrogen and oxygen atoms in total. The normalized spacial score (nSPS) is 18.9. The first-order chi connectivity index (χ1) is 9.40. The lowest BCUT2D eigenvalue weighted by Gasteiger charge is -2.28. The first-order valence-electron chi connectivity index (χ1n) is 6.86. The predicted molar refractivity (Wildman–Crippen MR) is 78.9 cm³/mol. The molecular weight excluding hydrogens is 276 g/mol. The van der Waals surface area contributed by atoms with Crippen LogP contribution < -0.4 is 10.5 Å². The van der Waals surface area contributed by atoms with Gasteiger partial charge in [0.15, 0.2) is 0 Å². The number of anilines is 1. The van der Waals surface area contributed by atoms with Crippen LogP contribution in [0, 0.1) is 12.8 Å². The Bertz CT molecular complexity index is 566. The topological polar surface area (TPSA) is 81.4 Å². The van der Waals surface area contributed by atoms with Crippen LogP contribution in [0.4, 0.5) is 5.69 Å². The van der Waals surface area contributed by atoms with Gasteiger partial charge in [-0.1, -0.05) is 6.07 Å². The minimum atomic E-state index is -3.53. The number of nitrogen functional groups attached to an aromatic ring is 1. The van der Waals surface area contributed by atoms with Crippen molar-refractivity contribution in [1.82, 2.24) is 4.72 Å². The molecule has 3 N–H and O–H groups in total. The highest BCUT2D eigenvalue weighted by Gasteiger charge is 2.26. The van der Waals surface area contributed by atoms with Crippen LogP contribution in [-0.4, -0.2) is 27.7 Å². The average molecular weight is 298 g/mol. The molecule has 112 valence electrons. The van der Waals surface area contributed by atoms with Gasteiger partial charge in [0.1, 0.15) is 0 Å². The molecule has 6 heteroatoms. The van der Waals surface area contributed by atoms with E-state index in [1.165, 1.54) is 6.07 Å². The second-order valence-corrected chi connectivity index (χ2v) is 7.07. The lowest BCUT2D eigenvalue weighted by atomic mass is 9.94. The standard InChI is InChI=1S/C14H22N2O3S/c1-10-3-4-13(15)9-14(10)20(17,18)16-11(2)12-5-7-19-8-6-12/h3-4,9,11-12,16H,5-8,15H2,1-2H3. The second kappa shape index (κ2) is 6.11. The number of nitrogens with two attached hydrogens (primary N) is 1. The fraction of sp³-hybridized carbons (Fsp3) is 0.571. The Labute approximate surface area is 120 Å². The Morgan fingerprint density at radius 2 is 2.00 bits per heavy atom. The van der Waals surface area contributed by atoms with E-state index in [0.717, 1.165) is 12.8 Å². The van der Waals surface area contributed by atoms with Crippen LogP contribution in [0.1, 0.15) is 25.3 Å². The zero-order chi connectivity index (χ0) is 14.8. The Kier molecular flexibility index (Phi) is 4.67. The van der Waals surface area contributed by atoms with Gasteiger partial charge in [0.25, 0.3) is 0 Å². The molecule has 1 fully saturated rings. The maximum absolute atomic E-state index is 12.5. The van der Waals surface area contributed by atoms with E-state index in [1.54, 1.807) is 19.1 Å². The van der Waals surface area contributed by atoms with Crippen LogP contribution in [-0.2, 0) is 14.8 Å². The fourth-order valence-corrected chi connectivity index (χ4v) is 4.12. The van der Waals surface area contributed by atoms with E-state index >= 15 is 0 Å².